The van der Waals surface area contributed by atoms with Crippen LogP contribution >= 0.6 is 11.8 Å². The van der Waals surface area contributed by atoms with Crippen molar-refractivity contribution in [3.8, 4) is 0 Å². The summed E-state index contributed by atoms with van der Waals surface area (Å²) in [5.74, 6) is 1.49. The number of ether oxygens (including phenoxy) is 1. The number of hydrogen-bond donors (Lipinski definition) is 1. The minimum atomic E-state index is -0.410. The van der Waals surface area contributed by atoms with E-state index in [1.165, 1.54) is 11.1 Å². The van der Waals surface area contributed by atoms with Crippen LogP contribution in [0.15, 0.2) is 71.0 Å². The van der Waals surface area contributed by atoms with Crippen molar-refractivity contribution in [3.63, 3.8) is 0 Å². The van der Waals surface area contributed by atoms with Gasteiger partial charge >= 0.3 is 5.97 Å². The Hall–Kier alpha value is -3.06. The second-order valence-electron chi connectivity index (χ2n) is 8.78. The van der Waals surface area contributed by atoms with Crippen LogP contribution in [0.3, 0.4) is 0 Å². The molecule has 6 nitrogen and oxygen atoms in total. The average molecular weight is 463 g/mol. The van der Waals surface area contributed by atoms with Crippen LogP contribution in [0, 0.1) is 0 Å². The van der Waals surface area contributed by atoms with Gasteiger partial charge < -0.3 is 10.1 Å². The highest BCUT2D eigenvalue weighted by Gasteiger charge is 2.35. The van der Waals surface area contributed by atoms with Gasteiger partial charge in [-0.3, -0.25) is 0 Å². The number of carbonyl (C=O) groups is 1. The van der Waals surface area contributed by atoms with Gasteiger partial charge in [-0.1, -0.05) is 80.2 Å². The van der Waals surface area contributed by atoms with Gasteiger partial charge in [0, 0.05) is 11.4 Å². The standard InChI is InChI=1S/C26H30N4O2S/c1-16(2)20-11-13-21(14-12-20)23-22(24(31)32-17(3)4)18(5)27-25-28-26(29-30(23)25)33-15-19-9-7-6-8-10-19/h6-14,16-17,23H,15H2,1-5H3,(H,27,28,29). The van der Waals surface area contributed by atoms with Gasteiger partial charge in [-0.15, -0.1) is 5.10 Å². The van der Waals surface area contributed by atoms with E-state index in [4.69, 9.17) is 14.8 Å². The van der Waals surface area contributed by atoms with Gasteiger partial charge in [-0.05, 0) is 43.4 Å². The summed E-state index contributed by atoms with van der Waals surface area (Å²) in [6.45, 7) is 9.94. The Kier molecular flexibility index (Phi) is 6.88. The van der Waals surface area contributed by atoms with E-state index in [9.17, 15) is 4.79 Å². The lowest BCUT2D eigenvalue weighted by atomic mass is 9.93. The summed E-state index contributed by atoms with van der Waals surface area (Å²) >= 11 is 1.57. The van der Waals surface area contributed by atoms with E-state index >= 15 is 0 Å². The molecule has 1 aliphatic heterocycles. The van der Waals surface area contributed by atoms with E-state index in [2.05, 4.69) is 55.6 Å². The van der Waals surface area contributed by atoms with Crippen molar-refractivity contribution < 1.29 is 9.53 Å². The Morgan fingerprint density at radius 3 is 2.42 bits per heavy atom. The van der Waals surface area contributed by atoms with Crippen molar-refractivity contribution in [3.05, 3.63) is 82.6 Å². The maximum Gasteiger partial charge on any atom is 0.338 e. The molecule has 1 aliphatic rings. The quantitative estimate of drug-likeness (QED) is 0.346. The number of anilines is 1. The molecule has 0 radical (unpaired) electrons. The summed E-state index contributed by atoms with van der Waals surface area (Å²) in [7, 11) is 0. The second-order valence-corrected chi connectivity index (χ2v) is 9.72. The first kappa shape index (κ1) is 23.1. The fourth-order valence-corrected chi connectivity index (χ4v) is 4.61. The van der Waals surface area contributed by atoms with E-state index in [0.717, 1.165) is 17.0 Å². The van der Waals surface area contributed by atoms with Gasteiger partial charge in [0.1, 0.15) is 6.04 Å². The highest BCUT2D eigenvalue weighted by Crippen LogP contribution is 2.37. The van der Waals surface area contributed by atoms with Crippen LogP contribution in [-0.4, -0.2) is 26.8 Å². The second kappa shape index (κ2) is 9.83. The average Bonchev–Trinajstić information content (AvgIpc) is 3.19. The molecule has 33 heavy (non-hydrogen) atoms. The Bertz CT molecular complexity index is 1150. The predicted molar refractivity (Wildman–Crippen MR) is 132 cm³/mol. The smallest absolute Gasteiger partial charge is 0.338 e. The molecule has 3 aromatic rings. The molecule has 0 saturated heterocycles. The zero-order valence-electron chi connectivity index (χ0n) is 19.7. The van der Waals surface area contributed by atoms with Crippen molar-refractivity contribution in [1.82, 2.24) is 14.8 Å². The third kappa shape index (κ3) is 5.14. The maximum absolute atomic E-state index is 13.1. The summed E-state index contributed by atoms with van der Waals surface area (Å²) in [6, 6.07) is 18.2. The molecule has 0 amide bonds. The molecule has 7 heteroatoms. The van der Waals surface area contributed by atoms with Crippen molar-refractivity contribution in [2.24, 2.45) is 0 Å². The fourth-order valence-electron chi connectivity index (χ4n) is 3.83. The molecular weight excluding hydrogens is 432 g/mol. The van der Waals surface area contributed by atoms with Crippen LogP contribution < -0.4 is 5.32 Å². The van der Waals surface area contributed by atoms with Crippen LogP contribution in [0.5, 0.6) is 0 Å². The lowest BCUT2D eigenvalue weighted by molar-refractivity contribution is -0.143. The van der Waals surface area contributed by atoms with Gasteiger partial charge in [0.2, 0.25) is 11.1 Å². The molecule has 0 saturated carbocycles. The number of rotatable bonds is 7. The minimum absolute atomic E-state index is 0.212. The van der Waals surface area contributed by atoms with Crippen molar-refractivity contribution >= 4 is 23.7 Å². The van der Waals surface area contributed by atoms with Gasteiger partial charge in [-0.25, -0.2) is 9.48 Å². The van der Waals surface area contributed by atoms with Crippen molar-refractivity contribution in [2.45, 2.75) is 63.6 Å². The largest absolute Gasteiger partial charge is 0.459 e. The highest BCUT2D eigenvalue weighted by atomic mass is 32.2. The Morgan fingerprint density at radius 1 is 1.09 bits per heavy atom. The lowest BCUT2D eigenvalue weighted by Gasteiger charge is -2.28. The Balaban J connectivity index is 1.70. The van der Waals surface area contributed by atoms with Crippen LogP contribution in [0.1, 0.15) is 63.3 Å². The fraction of sp³-hybridized carbons (Fsp3) is 0.346. The van der Waals surface area contributed by atoms with Crippen LogP contribution in [0.2, 0.25) is 0 Å². The number of carbonyl (C=O) groups excluding carboxylic acids is 1. The number of nitrogens with one attached hydrogen (secondary N) is 1. The molecule has 0 spiro atoms. The van der Waals surface area contributed by atoms with Crippen molar-refractivity contribution in [1.29, 1.82) is 0 Å². The summed E-state index contributed by atoms with van der Waals surface area (Å²) in [4.78, 5) is 17.8. The molecule has 172 valence electrons. The number of benzene rings is 2. The van der Waals surface area contributed by atoms with E-state index < -0.39 is 6.04 Å². The molecule has 4 rings (SSSR count). The normalized spacial score (nSPS) is 15.5. The first-order chi connectivity index (χ1) is 15.8. The first-order valence-corrected chi connectivity index (χ1v) is 12.2. The number of thioether (sulfide) groups is 1. The predicted octanol–water partition coefficient (Wildman–Crippen LogP) is 5.93. The van der Waals surface area contributed by atoms with Crippen molar-refractivity contribution in [2.75, 3.05) is 5.32 Å². The number of allylic oxidation sites excluding steroid dienone is 1. The van der Waals surface area contributed by atoms with Gasteiger partial charge in [0.25, 0.3) is 0 Å². The summed E-state index contributed by atoms with van der Waals surface area (Å²) in [5, 5.41) is 8.72. The zero-order chi connectivity index (χ0) is 23.5. The molecule has 1 aromatic heterocycles. The lowest BCUT2D eigenvalue weighted by Crippen LogP contribution is -2.30. The molecule has 1 unspecified atom stereocenters. The van der Waals surface area contributed by atoms with Gasteiger partial charge in [0.15, 0.2) is 0 Å². The minimum Gasteiger partial charge on any atom is -0.459 e. The Labute approximate surface area is 199 Å². The van der Waals surface area contributed by atoms with Crippen LogP contribution in [-0.2, 0) is 15.3 Å². The molecule has 0 aliphatic carbocycles. The highest BCUT2D eigenvalue weighted by molar-refractivity contribution is 7.98. The zero-order valence-corrected chi connectivity index (χ0v) is 20.5. The topological polar surface area (TPSA) is 69.0 Å². The van der Waals surface area contributed by atoms with Crippen LogP contribution in [0.4, 0.5) is 5.95 Å². The molecule has 1 atom stereocenters. The summed E-state index contributed by atoms with van der Waals surface area (Å²) in [6.07, 6.45) is -0.212. The van der Waals surface area contributed by atoms with E-state index in [1.807, 2.05) is 43.7 Å². The summed E-state index contributed by atoms with van der Waals surface area (Å²) in [5.41, 5.74) is 4.72. The number of nitrogens with zero attached hydrogens (tertiary/aromatic N) is 3. The number of esters is 1. The monoisotopic (exact) mass is 462 g/mol. The molecule has 0 fully saturated rings. The molecule has 0 bridgehead atoms. The third-order valence-electron chi connectivity index (χ3n) is 5.53. The van der Waals surface area contributed by atoms with E-state index in [1.54, 1.807) is 11.8 Å². The molecule has 1 N–H and O–H groups in total. The third-order valence-corrected chi connectivity index (χ3v) is 6.43. The molecule has 2 heterocycles. The summed E-state index contributed by atoms with van der Waals surface area (Å²) < 4.78 is 7.40. The number of hydrogen-bond acceptors (Lipinski definition) is 6. The van der Waals surface area contributed by atoms with Gasteiger partial charge in [-0.2, -0.15) is 4.98 Å². The SMILES string of the molecule is CC1=C(C(=O)OC(C)C)C(c2ccc(C(C)C)cc2)n2nc(SCc3ccccc3)nc2N1. The first-order valence-electron chi connectivity index (χ1n) is 11.3. The maximum atomic E-state index is 13.1. The Morgan fingerprint density at radius 2 is 1.79 bits per heavy atom. The number of aromatic nitrogens is 3. The van der Waals surface area contributed by atoms with Crippen LogP contribution in [0.25, 0.3) is 0 Å². The number of fused-ring (bicyclic) bond motifs is 1. The van der Waals surface area contributed by atoms with E-state index in [-0.39, 0.29) is 12.1 Å². The molecular formula is C26H30N4O2S. The van der Waals surface area contributed by atoms with E-state index in [0.29, 0.717) is 22.6 Å². The molecule has 2 aromatic carbocycles. The van der Waals surface area contributed by atoms with Gasteiger partial charge in [0.05, 0.1) is 11.7 Å².